The molecule has 1 aromatic carbocycles. The minimum atomic E-state index is 0.235. The lowest BCUT2D eigenvalue weighted by molar-refractivity contribution is 0.170. The summed E-state index contributed by atoms with van der Waals surface area (Å²) in [6, 6.07) is 8.22. The number of benzene rings is 1. The summed E-state index contributed by atoms with van der Waals surface area (Å²) in [6.07, 6.45) is 3.16. The van der Waals surface area contributed by atoms with Gasteiger partial charge in [0.05, 0.1) is 6.61 Å². The van der Waals surface area contributed by atoms with E-state index in [1.54, 1.807) is 4.63 Å². The van der Waals surface area contributed by atoms with Gasteiger partial charge < -0.3 is 14.4 Å². The third-order valence-corrected chi connectivity index (χ3v) is 5.31. The van der Waals surface area contributed by atoms with Crippen molar-refractivity contribution in [1.82, 2.24) is 19.8 Å². The Bertz CT molecular complexity index is 991. The second kappa shape index (κ2) is 6.40. The molecule has 0 saturated carbocycles. The van der Waals surface area contributed by atoms with Crippen molar-refractivity contribution in [3.63, 3.8) is 0 Å². The second-order valence-electron chi connectivity index (χ2n) is 7.33. The Kier molecular flexibility index (Phi) is 3.88. The topological polar surface area (TPSA) is 64.8 Å². The van der Waals surface area contributed by atoms with Gasteiger partial charge in [-0.1, -0.05) is 0 Å². The fourth-order valence-corrected chi connectivity index (χ4v) is 3.94. The van der Waals surface area contributed by atoms with E-state index in [1.165, 1.54) is 5.56 Å². The number of piperidine rings is 1. The zero-order valence-electron chi connectivity index (χ0n) is 15.7. The highest BCUT2D eigenvalue weighted by atomic mass is 16.5. The highest BCUT2D eigenvalue weighted by Crippen LogP contribution is 2.31. The molecule has 140 valence electrons. The van der Waals surface area contributed by atoms with E-state index in [4.69, 9.17) is 9.47 Å². The van der Waals surface area contributed by atoms with Crippen molar-refractivity contribution in [2.45, 2.75) is 39.2 Å². The molecule has 0 radical (unpaired) electrons. The van der Waals surface area contributed by atoms with Crippen LogP contribution in [0.25, 0.3) is 5.65 Å². The normalized spacial score (nSPS) is 17.2. The molecule has 0 N–H and O–H groups in total. The monoisotopic (exact) mass is 365 g/mol. The van der Waals surface area contributed by atoms with Crippen molar-refractivity contribution < 1.29 is 9.47 Å². The summed E-state index contributed by atoms with van der Waals surface area (Å²) in [4.78, 5) is 6.71. The predicted octanol–water partition coefficient (Wildman–Crippen LogP) is 2.72. The molecular weight excluding hydrogens is 342 g/mol. The van der Waals surface area contributed by atoms with Crippen molar-refractivity contribution in [2.24, 2.45) is 0 Å². The van der Waals surface area contributed by atoms with Crippen LogP contribution in [0, 0.1) is 13.8 Å². The first-order valence-corrected chi connectivity index (χ1v) is 9.54. The first-order chi connectivity index (χ1) is 13.2. The second-order valence-corrected chi connectivity index (χ2v) is 7.33. The maximum absolute atomic E-state index is 6.24. The Morgan fingerprint density at radius 2 is 1.96 bits per heavy atom. The van der Waals surface area contributed by atoms with Crippen LogP contribution < -0.4 is 14.4 Å². The van der Waals surface area contributed by atoms with E-state index in [9.17, 15) is 0 Å². The fourth-order valence-electron chi connectivity index (χ4n) is 3.94. The van der Waals surface area contributed by atoms with E-state index in [1.807, 2.05) is 19.1 Å². The lowest BCUT2D eigenvalue weighted by atomic mass is 10.1. The van der Waals surface area contributed by atoms with Gasteiger partial charge in [0.2, 0.25) is 0 Å². The SMILES string of the molecule is Cc1nc2cc(C)c(N3CCC(Oc4ccc5c(c4)CCO5)CC3)nn2n1. The van der Waals surface area contributed by atoms with Gasteiger partial charge in [-0.3, -0.25) is 0 Å². The Morgan fingerprint density at radius 1 is 1.11 bits per heavy atom. The number of hydrogen-bond donors (Lipinski definition) is 0. The number of aryl methyl sites for hydroxylation is 2. The van der Waals surface area contributed by atoms with Crippen molar-refractivity contribution in [2.75, 3.05) is 24.6 Å². The molecule has 2 aliphatic rings. The zero-order valence-corrected chi connectivity index (χ0v) is 15.7. The van der Waals surface area contributed by atoms with Gasteiger partial charge in [-0.2, -0.15) is 0 Å². The Morgan fingerprint density at radius 3 is 2.81 bits per heavy atom. The largest absolute Gasteiger partial charge is 0.493 e. The summed E-state index contributed by atoms with van der Waals surface area (Å²) >= 11 is 0. The number of anilines is 1. The van der Waals surface area contributed by atoms with Gasteiger partial charge >= 0.3 is 0 Å². The molecule has 7 nitrogen and oxygen atoms in total. The molecular formula is C20H23N5O2. The number of fused-ring (bicyclic) bond motifs is 2. The number of nitrogens with zero attached hydrogens (tertiary/aromatic N) is 5. The molecule has 2 aromatic heterocycles. The van der Waals surface area contributed by atoms with Gasteiger partial charge in [-0.05, 0) is 43.7 Å². The van der Waals surface area contributed by atoms with Crippen LogP contribution in [0.1, 0.15) is 29.8 Å². The molecule has 0 spiro atoms. The molecule has 3 aromatic rings. The first-order valence-electron chi connectivity index (χ1n) is 9.54. The highest BCUT2D eigenvalue weighted by molar-refractivity contribution is 5.52. The quantitative estimate of drug-likeness (QED) is 0.711. The van der Waals surface area contributed by atoms with Gasteiger partial charge in [-0.15, -0.1) is 14.8 Å². The van der Waals surface area contributed by atoms with E-state index in [2.05, 4.69) is 39.1 Å². The Balaban J connectivity index is 1.27. The van der Waals surface area contributed by atoms with Crippen LogP contribution in [0.5, 0.6) is 11.5 Å². The van der Waals surface area contributed by atoms with Crippen LogP contribution in [0.15, 0.2) is 24.3 Å². The smallest absolute Gasteiger partial charge is 0.176 e. The molecule has 0 aliphatic carbocycles. The lowest BCUT2D eigenvalue weighted by Gasteiger charge is -2.33. The van der Waals surface area contributed by atoms with Gasteiger partial charge in [0.15, 0.2) is 11.5 Å². The van der Waals surface area contributed by atoms with Crippen LogP contribution in [-0.4, -0.2) is 45.6 Å². The van der Waals surface area contributed by atoms with Crippen LogP contribution in [0.2, 0.25) is 0 Å². The lowest BCUT2D eigenvalue weighted by Crippen LogP contribution is -2.39. The average molecular weight is 365 g/mol. The fraction of sp³-hybridized carbons (Fsp3) is 0.450. The molecule has 0 amide bonds. The third kappa shape index (κ3) is 3.07. The highest BCUT2D eigenvalue weighted by Gasteiger charge is 2.24. The summed E-state index contributed by atoms with van der Waals surface area (Å²) in [7, 11) is 0. The molecule has 27 heavy (non-hydrogen) atoms. The van der Waals surface area contributed by atoms with Crippen LogP contribution in [0.3, 0.4) is 0 Å². The van der Waals surface area contributed by atoms with Gasteiger partial charge in [0.1, 0.15) is 23.4 Å². The Labute approximate surface area is 157 Å². The van der Waals surface area contributed by atoms with E-state index in [-0.39, 0.29) is 6.10 Å². The number of aromatic nitrogens is 4. The minimum Gasteiger partial charge on any atom is -0.493 e. The van der Waals surface area contributed by atoms with E-state index >= 15 is 0 Å². The molecule has 0 atom stereocenters. The van der Waals surface area contributed by atoms with E-state index in [0.717, 1.165) is 73.3 Å². The summed E-state index contributed by atoms with van der Waals surface area (Å²) in [6.45, 7) is 6.59. The van der Waals surface area contributed by atoms with Gasteiger partial charge in [0, 0.05) is 37.9 Å². The summed E-state index contributed by atoms with van der Waals surface area (Å²) in [5, 5.41) is 9.02. The zero-order chi connectivity index (χ0) is 18.4. The van der Waals surface area contributed by atoms with Crippen molar-refractivity contribution in [3.8, 4) is 11.5 Å². The van der Waals surface area contributed by atoms with E-state index in [0.29, 0.717) is 0 Å². The third-order valence-electron chi connectivity index (χ3n) is 5.31. The molecule has 5 rings (SSSR count). The molecule has 7 heteroatoms. The molecule has 0 unspecified atom stereocenters. The molecule has 2 aliphatic heterocycles. The maximum atomic E-state index is 6.24. The predicted molar refractivity (Wildman–Crippen MR) is 102 cm³/mol. The summed E-state index contributed by atoms with van der Waals surface area (Å²) in [5.74, 6) is 3.68. The minimum absolute atomic E-state index is 0.235. The standard InChI is InChI=1S/C20H23N5O2/c1-13-11-19-21-14(2)22-25(19)23-20(13)24-8-5-16(6-9-24)27-17-3-4-18-15(12-17)7-10-26-18/h3-4,11-12,16H,5-10H2,1-2H3. The molecule has 0 bridgehead atoms. The first kappa shape index (κ1) is 16.4. The molecule has 1 fully saturated rings. The van der Waals surface area contributed by atoms with Crippen LogP contribution in [-0.2, 0) is 6.42 Å². The maximum Gasteiger partial charge on any atom is 0.176 e. The van der Waals surface area contributed by atoms with Gasteiger partial charge in [-0.25, -0.2) is 4.98 Å². The van der Waals surface area contributed by atoms with E-state index < -0.39 is 0 Å². The average Bonchev–Trinajstić information content (AvgIpc) is 3.26. The number of hydrogen-bond acceptors (Lipinski definition) is 6. The Hall–Kier alpha value is -2.83. The van der Waals surface area contributed by atoms with Crippen LogP contribution >= 0.6 is 0 Å². The van der Waals surface area contributed by atoms with Crippen molar-refractivity contribution in [1.29, 1.82) is 0 Å². The number of rotatable bonds is 3. The van der Waals surface area contributed by atoms with Crippen LogP contribution in [0.4, 0.5) is 5.82 Å². The van der Waals surface area contributed by atoms with Gasteiger partial charge in [0.25, 0.3) is 0 Å². The summed E-state index contributed by atoms with van der Waals surface area (Å²) in [5.41, 5.74) is 3.18. The molecule has 1 saturated heterocycles. The molecule has 4 heterocycles. The van der Waals surface area contributed by atoms with Crippen molar-refractivity contribution in [3.05, 3.63) is 41.2 Å². The van der Waals surface area contributed by atoms with Crippen molar-refractivity contribution >= 4 is 11.5 Å². The number of ether oxygens (including phenoxy) is 2. The summed E-state index contributed by atoms with van der Waals surface area (Å²) < 4.78 is 13.4.